The van der Waals surface area contributed by atoms with Crippen LogP contribution in [0, 0.1) is 0 Å². The molecule has 4 unspecified atom stereocenters. The fourth-order valence-corrected chi connectivity index (χ4v) is 3.74. The zero-order chi connectivity index (χ0) is 13.4. The summed E-state index contributed by atoms with van der Waals surface area (Å²) in [5.74, 6) is 0.874. The first-order valence-electron chi connectivity index (χ1n) is 6.92. The summed E-state index contributed by atoms with van der Waals surface area (Å²) < 4.78 is 12.2. The largest absolute Gasteiger partial charge is 0.496 e. The average molecular weight is 326 g/mol. The van der Waals surface area contributed by atoms with Gasteiger partial charge in [-0.1, -0.05) is 6.07 Å². The van der Waals surface area contributed by atoms with E-state index in [9.17, 15) is 0 Å². The molecule has 2 bridgehead atoms. The van der Waals surface area contributed by atoms with Crippen molar-refractivity contribution in [1.29, 1.82) is 0 Å². The Labute approximate surface area is 122 Å². The Balaban J connectivity index is 1.67. The average Bonchev–Trinajstić information content (AvgIpc) is 3.00. The van der Waals surface area contributed by atoms with Crippen molar-refractivity contribution in [3.8, 4) is 5.75 Å². The van der Waals surface area contributed by atoms with Crippen molar-refractivity contribution in [2.75, 3.05) is 7.11 Å². The summed E-state index contributed by atoms with van der Waals surface area (Å²) in [6, 6.07) is 7.10. The van der Waals surface area contributed by atoms with Crippen molar-refractivity contribution in [3.05, 3.63) is 28.2 Å². The van der Waals surface area contributed by atoms with Crippen LogP contribution in [0.25, 0.3) is 0 Å². The molecule has 1 aromatic rings. The highest BCUT2D eigenvalue weighted by atomic mass is 79.9. The Kier molecular flexibility index (Phi) is 3.83. The molecule has 0 aliphatic carbocycles. The predicted octanol–water partition coefficient (Wildman–Crippen LogP) is 3.43. The number of hydrogen-bond donors (Lipinski definition) is 1. The van der Waals surface area contributed by atoms with Crippen molar-refractivity contribution in [3.63, 3.8) is 0 Å². The molecule has 0 amide bonds. The molecule has 0 saturated carbocycles. The molecule has 0 radical (unpaired) electrons. The second-order valence-electron chi connectivity index (χ2n) is 5.50. The van der Waals surface area contributed by atoms with Gasteiger partial charge in [-0.2, -0.15) is 0 Å². The molecule has 3 rings (SSSR count). The van der Waals surface area contributed by atoms with Gasteiger partial charge in [-0.25, -0.2) is 0 Å². The van der Waals surface area contributed by atoms with E-state index in [1.807, 2.05) is 6.07 Å². The minimum atomic E-state index is 0.329. The van der Waals surface area contributed by atoms with Crippen LogP contribution in [0.2, 0.25) is 0 Å². The van der Waals surface area contributed by atoms with Gasteiger partial charge in [0.1, 0.15) is 5.75 Å². The number of rotatable bonds is 4. The smallest absolute Gasteiger partial charge is 0.133 e. The Morgan fingerprint density at radius 3 is 2.84 bits per heavy atom. The van der Waals surface area contributed by atoms with Crippen LogP contribution in [0.1, 0.15) is 37.8 Å². The number of methoxy groups -OCH3 is 1. The Morgan fingerprint density at radius 2 is 2.26 bits per heavy atom. The van der Waals surface area contributed by atoms with E-state index in [0.717, 1.165) is 16.6 Å². The Bertz CT molecular complexity index is 465. The number of hydrogen-bond acceptors (Lipinski definition) is 3. The second kappa shape index (κ2) is 5.43. The topological polar surface area (TPSA) is 30.5 Å². The number of fused-ring (bicyclic) bond motifs is 2. The van der Waals surface area contributed by atoms with E-state index in [-0.39, 0.29) is 0 Å². The molecule has 0 spiro atoms. The quantitative estimate of drug-likeness (QED) is 0.920. The fourth-order valence-electron chi connectivity index (χ4n) is 3.18. The van der Waals surface area contributed by atoms with Gasteiger partial charge in [0.15, 0.2) is 0 Å². The maximum atomic E-state index is 5.89. The number of nitrogens with one attached hydrogen (secondary N) is 1. The van der Waals surface area contributed by atoms with Gasteiger partial charge in [0.05, 0.1) is 23.8 Å². The highest BCUT2D eigenvalue weighted by Gasteiger charge is 2.40. The van der Waals surface area contributed by atoms with Gasteiger partial charge in [0, 0.05) is 12.1 Å². The third-order valence-electron chi connectivity index (χ3n) is 4.25. The van der Waals surface area contributed by atoms with Crippen molar-refractivity contribution < 1.29 is 9.47 Å². The number of benzene rings is 1. The molecule has 3 nitrogen and oxygen atoms in total. The van der Waals surface area contributed by atoms with E-state index in [0.29, 0.717) is 24.3 Å². The van der Waals surface area contributed by atoms with E-state index in [4.69, 9.17) is 9.47 Å². The summed E-state index contributed by atoms with van der Waals surface area (Å²) in [5, 5.41) is 3.70. The minimum absolute atomic E-state index is 0.329. The molecule has 1 N–H and O–H groups in total. The van der Waals surface area contributed by atoms with Crippen molar-refractivity contribution in [1.82, 2.24) is 5.32 Å². The zero-order valence-electron chi connectivity index (χ0n) is 11.4. The van der Waals surface area contributed by atoms with E-state index in [1.165, 1.54) is 18.4 Å². The molecule has 2 aliphatic rings. The van der Waals surface area contributed by atoms with Crippen LogP contribution in [-0.4, -0.2) is 25.4 Å². The first-order chi connectivity index (χ1) is 9.17. The lowest BCUT2D eigenvalue weighted by Crippen LogP contribution is -2.38. The second-order valence-corrected chi connectivity index (χ2v) is 6.35. The summed E-state index contributed by atoms with van der Waals surface area (Å²) in [4.78, 5) is 0. The van der Waals surface area contributed by atoms with Gasteiger partial charge in [-0.3, -0.25) is 0 Å². The number of ether oxygens (including phenoxy) is 2. The molecule has 4 heteroatoms. The molecule has 19 heavy (non-hydrogen) atoms. The molecular weight excluding hydrogens is 306 g/mol. The molecule has 1 aromatic carbocycles. The molecule has 2 aliphatic heterocycles. The summed E-state index contributed by atoms with van der Waals surface area (Å²) in [7, 11) is 1.69. The SMILES string of the molecule is COc1ccc(C(C)NC2CC3CCC2O3)cc1Br. The number of halogens is 1. The van der Waals surface area contributed by atoms with Crippen LogP contribution in [0.15, 0.2) is 22.7 Å². The molecular formula is C15H20BrNO2. The van der Waals surface area contributed by atoms with E-state index in [2.05, 4.69) is 40.3 Å². The third kappa shape index (κ3) is 2.67. The summed E-state index contributed by atoms with van der Waals surface area (Å²) in [6.45, 7) is 2.21. The third-order valence-corrected chi connectivity index (χ3v) is 4.87. The zero-order valence-corrected chi connectivity index (χ0v) is 12.9. The van der Waals surface area contributed by atoms with Gasteiger partial charge in [0.25, 0.3) is 0 Å². The van der Waals surface area contributed by atoms with Gasteiger partial charge < -0.3 is 14.8 Å². The monoisotopic (exact) mass is 325 g/mol. The van der Waals surface area contributed by atoms with Crippen LogP contribution in [0.5, 0.6) is 5.75 Å². The van der Waals surface area contributed by atoms with E-state index >= 15 is 0 Å². The molecule has 2 saturated heterocycles. The highest BCUT2D eigenvalue weighted by molar-refractivity contribution is 9.10. The standard InChI is InChI=1S/C15H20BrNO2/c1-9(10-3-5-14(18-2)12(16)7-10)17-13-8-11-4-6-15(13)19-11/h3,5,7,9,11,13,15,17H,4,6,8H2,1-2H3. The maximum absolute atomic E-state index is 5.89. The molecule has 4 atom stereocenters. The van der Waals surface area contributed by atoms with Gasteiger partial charge >= 0.3 is 0 Å². The minimum Gasteiger partial charge on any atom is -0.496 e. The van der Waals surface area contributed by atoms with Crippen LogP contribution in [-0.2, 0) is 4.74 Å². The maximum Gasteiger partial charge on any atom is 0.133 e. The van der Waals surface area contributed by atoms with Gasteiger partial charge in [-0.15, -0.1) is 0 Å². The van der Waals surface area contributed by atoms with Crippen molar-refractivity contribution in [2.45, 2.75) is 50.5 Å². The summed E-state index contributed by atoms with van der Waals surface area (Å²) in [6.07, 6.45) is 4.53. The first-order valence-corrected chi connectivity index (χ1v) is 7.71. The summed E-state index contributed by atoms with van der Waals surface area (Å²) >= 11 is 3.54. The molecule has 2 fully saturated rings. The Morgan fingerprint density at radius 1 is 1.42 bits per heavy atom. The van der Waals surface area contributed by atoms with Crippen LogP contribution in [0.4, 0.5) is 0 Å². The van der Waals surface area contributed by atoms with Crippen molar-refractivity contribution in [2.24, 2.45) is 0 Å². The Hall–Kier alpha value is -0.580. The predicted molar refractivity (Wildman–Crippen MR) is 78.5 cm³/mol. The van der Waals surface area contributed by atoms with Crippen molar-refractivity contribution >= 4 is 15.9 Å². The summed E-state index contributed by atoms with van der Waals surface area (Å²) in [5.41, 5.74) is 1.27. The van der Waals surface area contributed by atoms with Gasteiger partial charge in [0.2, 0.25) is 0 Å². The fraction of sp³-hybridized carbons (Fsp3) is 0.600. The van der Waals surface area contributed by atoms with Gasteiger partial charge in [-0.05, 0) is 59.8 Å². The van der Waals surface area contributed by atoms with Crippen LogP contribution in [0.3, 0.4) is 0 Å². The van der Waals surface area contributed by atoms with Crippen LogP contribution < -0.4 is 10.1 Å². The lowest BCUT2D eigenvalue weighted by atomic mass is 9.94. The molecule has 104 valence electrons. The lowest BCUT2D eigenvalue weighted by Gasteiger charge is -2.25. The van der Waals surface area contributed by atoms with E-state index < -0.39 is 0 Å². The molecule has 2 heterocycles. The van der Waals surface area contributed by atoms with Crippen LogP contribution >= 0.6 is 15.9 Å². The highest BCUT2D eigenvalue weighted by Crippen LogP contribution is 2.36. The normalized spacial score (nSPS) is 30.6. The van der Waals surface area contributed by atoms with E-state index in [1.54, 1.807) is 7.11 Å². The lowest BCUT2D eigenvalue weighted by molar-refractivity contribution is 0.0962. The molecule has 0 aromatic heterocycles. The first kappa shape index (κ1) is 13.4.